The molecular weight excluding hydrogens is 250 g/mol. The normalized spacial score (nSPS) is 41.4. The number of aromatic nitrogens is 2. The third-order valence-corrected chi connectivity index (χ3v) is 6.34. The zero-order valence-corrected chi connectivity index (χ0v) is 11.9. The molecule has 4 fully saturated rings. The van der Waals surface area contributed by atoms with Gasteiger partial charge in [-0.15, -0.1) is 0 Å². The molecule has 1 aliphatic heterocycles. The van der Waals surface area contributed by atoms with Gasteiger partial charge < -0.3 is 10.5 Å². The lowest BCUT2D eigenvalue weighted by Crippen LogP contribution is -2.46. The summed E-state index contributed by atoms with van der Waals surface area (Å²) in [4.78, 5) is 0. The van der Waals surface area contributed by atoms with Crippen LogP contribution < -0.4 is 5.73 Å². The summed E-state index contributed by atoms with van der Waals surface area (Å²) in [6, 6.07) is 0.631. The largest absolute Gasteiger partial charge is 0.370 e. The predicted molar refractivity (Wildman–Crippen MR) is 74.7 cm³/mol. The minimum Gasteiger partial charge on any atom is -0.370 e. The van der Waals surface area contributed by atoms with E-state index in [0.717, 1.165) is 36.0 Å². The van der Waals surface area contributed by atoms with E-state index in [2.05, 4.69) is 4.68 Å². The van der Waals surface area contributed by atoms with E-state index in [9.17, 15) is 0 Å². The molecule has 1 aromatic heterocycles. The summed E-state index contributed by atoms with van der Waals surface area (Å²) in [5.74, 6) is 3.75. The minimum absolute atomic E-state index is 0.606. The highest BCUT2D eigenvalue weighted by atomic mass is 16.5. The highest BCUT2D eigenvalue weighted by Crippen LogP contribution is 2.58. The highest BCUT2D eigenvalue weighted by molar-refractivity contribution is 5.28. The lowest BCUT2D eigenvalue weighted by Gasteiger charge is -2.54. The Hall–Kier alpha value is -0.870. The SMILES string of the molecule is NCc1c2c(nn1C1C3CC4CC(C3)CC1C4)COC2. The van der Waals surface area contributed by atoms with Crippen LogP contribution in [0.3, 0.4) is 0 Å². The van der Waals surface area contributed by atoms with Gasteiger partial charge in [0, 0.05) is 12.1 Å². The van der Waals surface area contributed by atoms with Crippen LogP contribution in [-0.4, -0.2) is 9.78 Å². The second-order valence-corrected chi connectivity index (χ2v) is 7.43. The van der Waals surface area contributed by atoms with Crippen molar-refractivity contribution >= 4 is 0 Å². The molecule has 5 aliphatic rings. The maximum absolute atomic E-state index is 6.04. The Balaban J connectivity index is 1.57. The summed E-state index contributed by atoms with van der Waals surface area (Å²) < 4.78 is 7.87. The summed E-state index contributed by atoms with van der Waals surface area (Å²) >= 11 is 0. The standard InChI is InChI=1S/C16H23N3O/c17-6-15-13-7-20-8-14(13)18-19(15)16-11-2-9-1-10(4-11)5-12(16)3-9/h9-12,16H,1-8,17H2. The Morgan fingerprint density at radius 2 is 1.75 bits per heavy atom. The molecule has 2 N–H and O–H groups in total. The minimum atomic E-state index is 0.606. The summed E-state index contributed by atoms with van der Waals surface area (Å²) in [5, 5.41) is 4.92. The van der Waals surface area contributed by atoms with Crippen molar-refractivity contribution in [2.45, 2.75) is 57.9 Å². The molecule has 4 saturated carbocycles. The Kier molecular flexibility index (Phi) is 2.40. The van der Waals surface area contributed by atoms with Crippen LogP contribution in [0.2, 0.25) is 0 Å². The van der Waals surface area contributed by atoms with Gasteiger partial charge in [-0.05, 0) is 55.8 Å². The topological polar surface area (TPSA) is 53.1 Å². The van der Waals surface area contributed by atoms with Crippen molar-refractivity contribution in [1.82, 2.24) is 9.78 Å². The number of ether oxygens (including phenoxy) is 1. The molecule has 0 saturated heterocycles. The molecule has 0 spiro atoms. The third kappa shape index (κ3) is 1.47. The van der Waals surface area contributed by atoms with Gasteiger partial charge in [0.15, 0.2) is 0 Å². The van der Waals surface area contributed by atoms with E-state index < -0.39 is 0 Å². The number of hydrogen-bond acceptors (Lipinski definition) is 3. The van der Waals surface area contributed by atoms with Gasteiger partial charge in [0.25, 0.3) is 0 Å². The Morgan fingerprint density at radius 1 is 1.05 bits per heavy atom. The zero-order valence-electron chi connectivity index (χ0n) is 11.9. The van der Waals surface area contributed by atoms with Crippen molar-refractivity contribution in [3.63, 3.8) is 0 Å². The van der Waals surface area contributed by atoms with Crippen LogP contribution >= 0.6 is 0 Å². The van der Waals surface area contributed by atoms with Crippen LogP contribution in [-0.2, 0) is 24.5 Å². The second-order valence-electron chi connectivity index (χ2n) is 7.43. The van der Waals surface area contributed by atoms with E-state index in [1.807, 2.05) is 0 Å². The van der Waals surface area contributed by atoms with Gasteiger partial charge in [0.2, 0.25) is 0 Å². The van der Waals surface area contributed by atoms with Crippen molar-refractivity contribution < 1.29 is 4.74 Å². The second kappa shape index (κ2) is 4.08. The molecule has 2 heterocycles. The van der Waals surface area contributed by atoms with Crippen molar-refractivity contribution in [2.24, 2.45) is 29.4 Å². The fraction of sp³-hybridized carbons (Fsp3) is 0.812. The van der Waals surface area contributed by atoms with Crippen LogP contribution in [0.4, 0.5) is 0 Å². The van der Waals surface area contributed by atoms with Gasteiger partial charge in [-0.2, -0.15) is 5.10 Å². The summed E-state index contributed by atoms with van der Waals surface area (Å²) in [6.07, 6.45) is 7.24. The van der Waals surface area contributed by atoms with E-state index in [0.29, 0.717) is 19.2 Å². The van der Waals surface area contributed by atoms with E-state index in [1.54, 1.807) is 0 Å². The van der Waals surface area contributed by atoms with Gasteiger partial charge in [0.1, 0.15) is 0 Å². The number of hydrogen-bond donors (Lipinski definition) is 1. The third-order valence-electron chi connectivity index (χ3n) is 6.34. The fourth-order valence-electron chi connectivity index (χ4n) is 5.85. The summed E-state index contributed by atoms with van der Waals surface area (Å²) in [7, 11) is 0. The van der Waals surface area contributed by atoms with Crippen LogP contribution in [0.5, 0.6) is 0 Å². The maximum atomic E-state index is 6.04. The zero-order chi connectivity index (χ0) is 13.3. The molecule has 108 valence electrons. The molecule has 0 amide bonds. The van der Waals surface area contributed by atoms with Crippen molar-refractivity contribution in [3.05, 3.63) is 17.0 Å². The Labute approximate surface area is 119 Å². The first-order valence-electron chi connectivity index (χ1n) is 8.20. The van der Waals surface area contributed by atoms with Crippen LogP contribution in [0, 0.1) is 23.7 Å². The molecule has 0 aromatic carbocycles. The lowest BCUT2D eigenvalue weighted by atomic mass is 9.54. The average molecular weight is 273 g/mol. The van der Waals surface area contributed by atoms with E-state index >= 15 is 0 Å². The van der Waals surface area contributed by atoms with Crippen LogP contribution in [0.15, 0.2) is 0 Å². The van der Waals surface area contributed by atoms with E-state index in [4.69, 9.17) is 15.6 Å². The number of fused-ring (bicyclic) bond motifs is 1. The molecule has 6 rings (SSSR count). The molecule has 4 nitrogen and oxygen atoms in total. The monoisotopic (exact) mass is 273 g/mol. The smallest absolute Gasteiger partial charge is 0.0940 e. The molecule has 4 heteroatoms. The van der Waals surface area contributed by atoms with E-state index in [1.165, 1.54) is 43.4 Å². The first kappa shape index (κ1) is 11.8. The molecule has 0 atom stereocenters. The Bertz CT molecular complexity index is 522. The van der Waals surface area contributed by atoms with Crippen molar-refractivity contribution in [1.29, 1.82) is 0 Å². The quantitative estimate of drug-likeness (QED) is 0.900. The van der Waals surface area contributed by atoms with Crippen molar-refractivity contribution in [3.8, 4) is 0 Å². The molecule has 20 heavy (non-hydrogen) atoms. The van der Waals surface area contributed by atoms with Gasteiger partial charge >= 0.3 is 0 Å². The molecule has 0 radical (unpaired) electrons. The number of nitrogens with zero attached hydrogens (tertiary/aromatic N) is 2. The Morgan fingerprint density at radius 3 is 2.40 bits per heavy atom. The summed E-state index contributed by atoms with van der Waals surface area (Å²) in [6.45, 7) is 2.01. The predicted octanol–water partition coefficient (Wildman–Crippen LogP) is 2.37. The van der Waals surface area contributed by atoms with Crippen LogP contribution in [0.1, 0.15) is 55.1 Å². The van der Waals surface area contributed by atoms with Gasteiger partial charge in [-0.1, -0.05) is 0 Å². The van der Waals surface area contributed by atoms with Crippen LogP contribution in [0.25, 0.3) is 0 Å². The lowest BCUT2D eigenvalue weighted by molar-refractivity contribution is -0.0353. The molecule has 0 unspecified atom stereocenters. The highest BCUT2D eigenvalue weighted by Gasteiger charge is 2.50. The molecule has 4 aliphatic carbocycles. The van der Waals surface area contributed by atoms with Gasteiger partial charge in [0.05, 0.1) is 30.6 Å². The average Bonchev–Trinajstić information content (AvgIpc) is 2.97. The molecular formula is C16H23N3O. The molecule has 1 aromatic rings. The van der Waals surface area contributed by atoms with E-state index in [-0.39, 0.29) is 0 Å². The fourth-order valence-corrected chi connectivity index (χ4v) is 5.85. The number of rotatable bonds is 2. The van der Waals surface area contributed by atoms with Gasteiger partial charge in [-0.25, -0.2) is 0 Å². The first-order valence-corrected chi connectivity index (χ1v) is 8.20. The molecule has 4 bridgehead atoms. The maximum Gasteiger partial charge on any atom is 0.0940 e. The summed E-state index contributed by atoms with van der Waals surface area (Å²) in [5.41, 5.74) is 9.75. The first-order chi connectivity index (χ1) is 9.83. The van der Waals surface area contributed by atoms with Gasteiger partial charge in [-0.3, -0.25) is 4.68 Å². The van der Waals surface area contributed by atoms with Crippen molar-refractivity contribution in [2.75, 3.05) is 0 Å². The number of nitrogens with two attached hydrogens (primary N) is 1.